The van der Waals surface area contributed by atoms with Crippen LogP contribution in [0, 0.1) is 0 Å². The van der Waals surface area contributed by atoms with E-state index in [1.165, 1.54) is 0 Å². The van der Waals surface area contributed by atoms with Crippen molar-refractivity contribution in [2.45, 2.75) is 6.54 Å². The minimum absolute atomic E-state index is 0.0596. The summed E-state index contributed by atoms with van der Waals surface area (Å²) in [6.07, 6.45) is 0. The molecule has 80 valence electrons. The molecule has 1 aliphatic heterocycles. The molecule has 0 N–H and O–H groups in total. The fourth-order valence-corrected chi connectivity index (χ4v) is 2.37. The van der Waals surface area contributed by atoms with Crippen LogP contribution in [0.1, 0.15) is 16.1 Å². The van der Waals surface area contributed by atoms with Crippen molar-refractivity contribution in [3.05, 3.63) is 40.0 Å². The lowest BCUT2D eigenvalue weighted by Gasteiger charge is -2.03. The van der Waals surface area contributed by atoms with Crippen LogP contribution in [0.5, 0.6) is 0 Å². The number of nitrogens with zero attached hydrogens (tertiary/aromatic N) is 2. The average Bonchev–Trinajstić information content (AvgIpc) is 2.52. The van der Waals surface area contributed by atoms with E-state index >= 15 is 0 Å². The first-order valence-corrected chi connectivity index (χ1v) is 5.79. The van der Waals surface area contributed by atoms with Crippen LogP contribution in [0.4, 0.5) is 0 Å². The maximum atomic E-state index is 11.8. The molecular formula is C12H9BrN2O. The van der Waals surface area contributed by atoms with Crippen molar-refractivity contribution in [1.82, 2.24) is 9.88 Å². The molecule has 3 rings (SSSR count). The zero-order chi connectivity index (χ0) is 11.3. The molecule has 0 unspecified atom stereocenters. The third kappa shape index (κ3) is 1.33. The Morgan fingerprint density at radius 2 is 2.19 bits per heavy atom. The molecule has 3 nitrogen and oxygen atoms in total. The van der Waals surface area contributed by atoms with Crippen LogP contribution >= 0.6 is 15.9 Å². The second-order valence-corrected chi connectivity index (χ2v) is 4.90. The Bertz CT molecular complexity index is 609. The van der Waals surface area contributed by atoms with Crippen molar-refractivity contribution >= 4 is 32.7 Å². The summed E-state index contributed by atoms with van der Waals surface area (Å²) < 4.78 is 1.00. The summed E-state index contributed by atoms with van der Waals surface area (Å²) in [4.78, 5) is 18.0. The predicted molar refractivity (Wildman–Crippen MR) is 65.2 cm³/mol. The zero-order valence-corrected chi connectivity index (χ0v) is 10.3. The van der Waals surface area contributed by atoms with Crippen LogP contribution in [-0.2, 0) is 6.54 Å². The summed E-state index contributed by atoms with van der Waals surface area (Å²) in [6, 6.07) is 7.83. The number of hydrogen-bond donors (Lipinski definition) is 0. The largest absolute Gasteiger partial charge is 0.336 e. The molecule has 0 atom stereocenters. The van der Waals surface area contributed by atoms with Gasteiger partial charge in [0.05, 0.1) is 23.3 Å². The van der Waals surface area contributed by atoms with Gasteiger partial charge in [-0.25, -0.2) is 0 Å². The van der Waals surface area contributed by atoms with Gasteiger partial charge in [-0.3, -0.25) is 9.78 Å². The number of hydrogen-bond acceptors (Lipinski definition) is 2. The van der Waals surface area contributed by atoms with Gasteiger partial charge >= 0.3 is 0 Å². The van der Waals surface area contributed by atoms with E-state index in [4.69, 9.17) is 0 Å². The van der Waals surface area contributed by atoms with E-state index in [0.717, 1.165) is 26.6 Å². The van der Waals surface area contributed by atoms with Gasteiger partial charge in [0.1, 0.15) is 0 Å². The topological polar surface area (TPSA) is 33.2 Å². The average molecular weight is 277 g/mol. The van der Waals surface area contributed by atoms with Crippen molar-refractivity contribution < 1.29 is 4.79 Å². The molecule has 0 bridgehead atoms. The summed E-state index contributed by atoms with van der Waals surface area (Å²) in [5.41, 5.74) is 2.54. The molecule has 2 heterocycles. The Hall–Kier alpha value is -1.42. The van der Waals surface area contributed by atoms with E-state index in [9.17, 15) is 4.79 Å². The van der Waals surface area contributed by atoms with E-state index in [2.05, 4.69) is 20.9 Å². The molecule has 4 heteroatoms. The van der Waals surface area contributed by atoms with Crippen LogP contribution < -0.4 is 0 Å². The molecule has 0 saturated heterocycles. The molecule has 0 radical (unpaired) electrons. The number of benzene rings is 1. The Labute approximate surface area is 101 Å². The molecule has 0 saturated carbocycles. The van der Waals surface area contributed by atoms with Crippen molar-refractivity contribution in [2.75, 3.05) is 7.05 Å². The van der Waals surface area contributed by atoms with E-state index in [1.807, 2.05) is 24.3 Å². The third-order valence-electron chi connectivity index (χ3n) is 2.82. The third-order valence-corrected chi connectivity index (χ3v) is 3.31. The van der Waals surface area contributed by atoms with Crippen LogP contribution in [0.3, 0.4) is 0 Å². The summed E-state index contributed by atoms with van der Waals surface area (Å²) >= 11 is 3.42. The van der Waals surface area contributed by atoms with Gasteiger partial charge in [-0.05, 0) is 24.3 Å². The minimum atomic E-state index is 0.0596. The molecule has 0 aliphatic carbocycles. The fraction of sp³-hybridized carbons (Fsp3) is 0.167. The number of amides is 1. The van der Waals surface area contributed by atoms with Gasteiger partial charge in [0.15, 0.2) is 0 Å². The molecule has 0 fully saturated rings. The first kappa shape index (κ1) is 9.78. The van der Waals surface area contributed by atoms with Gasteiger partial charge < -0.3 is 4.90 Å². The Kier molecular flexibility index (Phi) is 2.01. The monoisotopic (exact) mass is 276 g/mol. The van der Waals surface area contributed by atoms with Crippen molar-refractivity contribution in [1.29, 1.82) is 0 Å². The normalized spacial score (nSPS) is 14.6. The summed E-state index contributed by atoms with van der Waals surface area (Å²) in [5, 5.41) is 0.997. The number of fused-ring (bicyclic) bond motifs is 2. The zero-order valence-electron chi connectivity index (χ0n) is 8.70. The number of rotatable bonds is 0. The lowest BCUT2D eigenvalue weighted by atomic mass is 10.1. The van der Waals surface area contributed by atoms with Gasteiger partial charge in [0, 0.05) is 16.9 Å². The Morgan fingerprint density at radius 3 is 3.00 bits per heavy atom. The first-order chi connectivity index (χ1) is 7.65. The fourth-order valence-electron chi connectivity index (χ4n) is 2.00. The second kappa shape index (κ2) is 3.28. The standard InChI is InChI=1S/C12H9BrN2O/c1-15-6-11-9(12(15)16)5-7-4-8(13)2-3-10(7)14-11/h2-5H,6H2,1H3. The smallest absolute Gasteiger partial charge is 0.255 e. The lowest BCUT2D eigenvalue weighted by molar-refractivity contribution is 0.0816. The molecule has 1 aromatic heterocycles. The van der Waals surface area contributed by atoms with Gasteiger partial charge in [-0.2, -0.15) is 0 Å². The number of pyridine rings is 1. The summed E-state index contributed by atoms with van der Waals surface area (Å²) in [5.74, 6) is 0.0596. The minimum Gasteiger partial charge on any atom is -0.336 e. The van der Waals surface area contributed by atoms with E-state index in [0.29, 0.717) is 6.54 Å². The highest BCUT2D eigenvalue weighted by Gasteiger charge is 2.25. The number of carbonyl (C=O) groups is 1. The van der Waals surface area contributed by atoms with Crippen LogP contribution in [0.2, 0.25) is 0 Å². The van der Waals surface area contributed by atoms with Crippen molar-refractivity contribution in [3.8, 4) is 0 Å². The van der Waals surface area contributed by atoms with E-state index < -0.39 is 0 Å². The van der Waals surface area contributed by atoms with Crippen LogP contribution in [-0.4, -0.2) is 22.8 Å². The maximum absolute atomic E-state index is 11.8. The quantitative estimate of drug-likeness (QED) is 0.741. The Morgan fingerprint density at radius 1 is 1.38 bits per heavy atom. The lowest BCUT2D eigenvalue weighted by Crippen LogP contribution is -2.17. The van der Waals surface area contributed by atoms with Crippen molar-refractivity contribution in [3.63, 3.8) is 0 Å². The van der Waals surface area contributed by atoms with Gasteiger partial charge in [0.2, 0.25) is 0 Å². The second-order valence-electron chi connectivity index (χ2n) is 3.98. The van der Waals surface area contributed by atoms with Gasteiger partial charge in [-0.1, -0.05) is 15.9 Å². The van der Waals surface area contributed by atoms with Crippen molar-refractivity contribution in [2.24, 2.45) is 0 Å². The molecular weight excluding hydrogens is 268 g/mol. The molecule has 0 spiro atoms. The summed E-state index contributed by atoms with van der Waals surface area (Å²) in [7, 11) is 1.80. The molecule has 1 aromatic carbocycles. The van der Waals surface area contributed by atoms with E-state index in [-0.39, 0.29) is 5.91 Å². The molecule has 2 aromatic rings. The molecule has 1 aliphatic rings. The Balaban J connectivity index is 2.30. The highest BCUT2D eigenvalue weighted by Crippen LogP contribution is 2.25. The van der Waals surface area contributed by atoms with Crippen LogP contribution in [0.15, 0.2) is 28.7 Å². The maximum Gasteiger partial charge on any atom is 0.255 e. The first-order valence-electron chi connectivity index (χ1n) is 5.00. The number of aromatic nitrogens is 1. The highest BCUT2D eigenvalue weighted by molar-refractivity contribution is 9.10. The summed E-state index contributed by atoms with van der Waals surface area (Å²) in [6.45, 7) is 0.611. The number of carbonyl (C=O) groups excluding carboxylic acids is 1. The van der Waals surface area contributed by atoms with Gasteiger partial charge in [-0.15, -0.1) is 0 Å². The SMILES string of the molecule is CN1Cc2nc3ccc(Br)cc3cc2C1=O. The predicted octanol–water partition coefficient (Wildman–Crippen LogP) is 2.58. The van der Waals surface area contributed by atoms with E-state index in [1.54, 1.807) is 11.9 Å². The molecule has 16 heavy (non-hydrogen) atoms. The van der Waals surface area contributed by atoms with Gasteiger partial charge in [0.25, 0.3) is 5.91 Å². The number of halogens is 1. The highest BCUT2D eigenvalue weighted by atomic mass is 79.9. The van der Waals surface area contributed by atoms with Crippen LogP contribution in [0.25, 0.3) is 10.9 Å². The molecule has 1 amide bonds.